The maximum Gasteiger partial charge on any atom is 0.252 e. The fraction of sp³-hybridized carbons (Fsp3) is 0.185. The number of benzene rings is 2. The number of nitrogens with zero attached hydrogens (tertiary/aromatic N) is 4. The van der Waals surface area contributed by atoms with Crippen molar-refractivity contribution >= 4 is 16.9 Å². The molecule has 1 N–H and O–H groups in total. The summed E-state index contributed by atoms with van der Waals surface area (Å²) in [5, 5.41) is 8.15. The molecule has 0 aliphatic rings. The summed E-state index contributed by atoms with van der Waals surface area (Å²) >= 11 is 0. The van der Waals surface area contributed by atoms with E-state index in [0.29, 0.717) is 28.2 Å². The van der Waals surface area contributed by atoms with Crippen molar-refractivity contribution in [3.63, 3.8) is 0 Å². The van der Waals surface area contributed by atoms with Gasteiger partial charge in [-0.25, -0.2) is 14.6 Å². The van der Waals surface area contributed by atoms with Gasteiger partial charge in [-0.1, -0.05) is 54.6 Å². The van der Waals surface area contributed by atoms with Crippen LogP contribution in [0.5, 0.6) is 0 Å². The van der Waals surface area contributed by atoms with Gasteiger partial charge in [-0.3, -0.25) is 4.79 Å². The van der Waals surface area contributed by atoms with E-state index in [0.717, 1.165) is 22.4 Å². The molecular formula is C27H25N5O2. The van der Waals surface area contributed by atoms with Gasteiger partial charge in [0.05, 0.1) is 35.6 Å². The Morgan fingerprint density at radius 1 is 1.06 bits per heavy atom. The topological polar surface area (TPSA) is 85.8 Å². The lowest BCUT2D eigenvalue weighted by Gasteiger charge is -2.12. The van der Waals surface area contributed by atoms with Crippen LogP contribution in [0.25, 0.3) is 33.6 Å². The lowest BCUT2D eigenvalue weighted by atomic mass is 10.0. The van der Waals surface area contributed by atoms with Gasteiger partial charge in [-0.15, -0.1) is 0 Å². The number of hydrogen-bond acceptors (Lipinski definition) is 5. The summed E-state index contributed by atoms with van der Waals surface area (Å²) in [7, 11) is 0. The van der Waals surface area contributed by atoms with Crippen molar-refractivity contribution < 1.29 is 9.21 Å². The molecule has 5 aromatic rings. The van der Waals surface area contributed by atoms with Gasteiger partial charge in [0.1, 0.15) is 0 Å². The molecule has 0 atom stereocenters. The van der Waals surface area contributed by atoms with Gasteiger partial charge in [0, 0.05) is 17.2 Å². The smallest absolute Gasteiger partial charge is 0.252 e. The average Bonchev–Trinajstić information content (AvgIpc) is 3.50. The predicted octanol–water partition coefficient (Wildman–Crippen LogP) is 5.57. The normalized spacial score (nSPS) is 11.3. The zero-order chi connectivity index (χ0) is 23.7. The number of aryl methyl sites for hydroxylation is 1. The Kier molecular flexibility index (Phi) is 5.67. The summed E-state index contributed by atoms with van der Waals surface area (Å²) in [5.41, 5.74) is 4.95. The molecule has 7 heteroatoms. The fourth-order valence-electron chi connectivity index (χ4n) is 3.96. The van der Waals surface area contributed by atoms with E-state index in [-0.39, 0.29) is 18.5 Å². The Balaban J connectivity index is 1.47. The minimum absolute atomic E-state index is 0.108. The Labute approximate surface area is 197 Å². The standard InChI is InChI=1S/C27H25N5O2/c1-17(2)32-26-22(14-30-32)21(13-23(31-26)20-12-8-7-9-18(20)3)27(33)29-16-25-28-15-24(34-25)19-10-5-4-6-11-19/h4-15,17H,16H2,1-3H3,(H,29,33). The molecule has 0 saturated carbocycles. The number of aromatic nitrogens is 4. The zero-order valence-electron chi connectivity index (χ0n) is 19.3. The molecule has 0 unspecified atom stereocenters. The lowest BCUT2D eigenvalue weighted by Crippen LogP contribution is -2.23. The first-order valence-corrected chi connectivity index (χ1v) is 11.2. The molecular weight excluding hydrogens is 426 g/mol. The number of carbonyl (C=O) groups is 1. The van der Waals surface area contributed by atoms with E-state index in [1.165, 1.54) is 0 Å². The molecule has 34 heavy (non-hydrogen) atoms. The van der Waals surface area contributed by atoms with E-state index in [2.05, 4.69) is 15.4 Å². The SMILES string of the molecule is Cc1ccccc1-c1cc(C(=O)NCc2ncc(-c3ccccc3)o2)c2cnn(C(C)C)c2n1. The van der Waals surface area contributed by atoms with Gasteiger partial charge in [-0.2, -0.15) is 5.10 Å². The summed E-state index contributed by atoms with van der Waals surface area (Å²) in [4.78, 5) is 22.5. The fourth-order valence-corrected chi connectivity index (χ4v) is 3.96. The minimum atomic E-state index is -0.231. The average molecular weight is 452 g/mol. The highest BCUT2D eigenvalue weighted by Gasteiger charge is 2.19. The van der Waals surface area contributed by atoms with Crippen LogP contribution in [0.3, 0.4) is 0 Å². The van der Waals surface area contributed by atoms with Crippen molar-refractivity contribution in [3.05, 3.63) is 90.1 Å². The molecule has 0 saturated heterocycles. The molecule has 0 aliphatic heterocycles. The molecule has 0 spiro atoms. The number of carbonyl (C=O) groups excluding carboxylic acids is 1. The second-order valence-electron chi connectivity index (χ2n) is 8.46. The van der Waals surface area contributed by atoms with Crippen molar-refractivity contribution in [1.29, 1.82) is 0 Å². The number of rotatable bonds is 6. The van der Waals surface area contributed by atoms with Crippen LogP contribution in [0.15, 0.2) is 77.5 Å². The highest BCUT2D eigenvalue weighted by molar-refractivity contribution is 6.06. The molecule has 0 bridgehead atoms. The first-order valence-electron chi connectivity index (χ1n) is 11.2. The van der Waals surface area contributed by atoms with Gasteiger partial charge < -0.3 is 9.73 Å². The third-order valence-corrected chi connectivity index (χ3v) is 5.73. The van der Waals surface area contributed by atoms with E-state index < -0.39 is 0 Å². The van der Waals surface area contributed by atoms with E-state index in [1.54, 1.807) is 12.4 Å². The number of hydrogen-bond donors (Lipinski definition) is 1. The molecule has 1 amide bonds. The Hall–Kier alpha value is -4.26. The molecule has 5 rings (SSSR count). The summed E-state index contributed by atoms with van der Waals surface area (Å²) in [6.07, 6.45) is 3.38. The highest BCUT2D eigenvalue weighted by Crippen LogP contribution is 2.28. The van der Waals surface area contributed by atoms with Crippen LogP contribution in [-0.4, -0.2) is 25.7 Å². The summed E-state index contributed by atoms with van der Waals surface area (Å²) in [6, 6.07) is 19.7. The molecule has 170 valence electrons. The van der Waals surface area contributed by atoms with Gasteiger partial charge in [0.15, 0.2) is 11.4 Å². The second-order valence-corrected chi connectivity index (χ2v) is 8.46. The van der Waals surface area contributed by atoms with E-state index in [9.17, 15) is 4.79 Å². The lowest BCUT2D eigenvalue weighted by molar-refractivity contribution is 0.0949. The first-order chi connectivity index (χ1) is 16.5. The maximum atomic E-state index is 13.3. The molecule has 0 fully saturated rings. The Morgan fingerprint density at radius 3 is 2.59 bits per heavy atom. The van der Waals surface area contributed by atoms with Gasteiger partial charge in [0.2, 0.25) is 5.89 Å². The molecule has 0 aliphatic carbocycles. The van der Waals surface area contributed by atoms with E-state index >= 15 is 0 Å². The molecule has 3 heterocycles. The van der Waals surface area contributed by atoms with Crippen LogP contribution < -0.4 is 5.32 Å². The van der Waals surface area contributed by atoms with Crippen molar-refractivity contribution in [2.45, 2.75) is 33.4 Å². The van der Waals surface area contributed by atoms with Crippen molar-refractivity contribution in [2.24, 2.45) is 0 Å². The van der Waals surface area contributed by atoms with Crippen molar-refractivity contribution in [1.82, 2.24) is 25.1 Å². The van der Waals surface area contributed by atoms with Gasteiger partial charge in [-0.05, 0) is 32.4 Å². The van der Waals surface area contributed by atoms with Crippen LogP contribution in [0, 0.1) is 6.92 Å². The van der Waals surface area contributed by atoms with Crippen LogP contribution >= 0.6 is 0 Å². The quantitative estimate of drug-likeness (QED) is 0.365. The number of oxazole rings is 1. The molecule has 2 aromatic carbocycles. The van der Waals surface area contributed by atoms with Crippen molar-refractivity contribution in [3.8, 4) is 22.6 Å². The molecule has 7 nitrogen and oxygen atoms in total. The minimum Gasteiger partial charge on any atom is -0.439 e. The number of pyridine rings is 1. The number of nitrogens with one attached hydrogen (secondary N) is 1. The van der Waals surface area contributed by atoms with Crippen LogP contribution in [-0.2, 0) is 6.54 Å². The maximum absolute atomic E-state index is 13.3. The van der Waals surface area contributed by atoms with Crippen LogP contribution in [0.4, 0.5) is 0 Å². The summed E-state index contributed by atoms with van der Waals surface area (Å²) in [6.45, 7) is 6.30. The summed E-state index contributed by atoms with van der Waals surface area (Å²) < 4.78 is 7.67. The third kappa shape index (κ3) is 4.08. The van der Waals surface area contributed by atoms with Crippen molar-refractivity contribution in [2.75, 3.05) is 0 Å². The number of fused-ring (bicyclic) bond motifs is 1. The van der Waals surface area contributed by atoms with Gasteiger partial charge >= 0.3 is 0 Å². The van der Waals surface area contributed by atoms with Crippen LogP contribution in [0.2, 0.25) is 0 Å². The highest BCUT2D eigenvalue weighted by atomic mass is 16.4. The zero-order valence-corrected chi connectivity index (χ0v) is 19.3. The van der Waals surface area contributed by atoms with Crippen LogP contribution in [0.1, 0.15) is 41.7 Å². The molecule has 0 radical (unpaired) electrons. The summed E-state index contributed by atoms with van der Waals surface area (Å²) in [5.74, 6) is 0.871. The Bertz CT molecular complexity index is 1470. The second kappa shape index (κ2) is 8.94. The Morgan fingerprint density at radius 2 is 1.82 bits per heavy atom. The monoisotopic (exact) mass is 451 g/mol. The number of amides is 1. The third-order valence-electron chi connectivity index (χ3n) is 5.73. The first kappa shape index (κ1) is 21.6. The largest absolute Gasteiger partial charge is 0.439 e. The predicted molar refractivity (Wildman–Crippen MR) is 131 cm³/mol. The van der Waals surface area contributed by atoms with Gasteiger partial charge in [0.25, 0.3) is 5.91 Å². The van der Waals surface area contributed by atoms with E-state index in [4.69, 9.17) is 9.40 Å². The molecule has 3 aromatic heterocycles. The van der Waals surface area contributed by atoms with E-state index in [1.807, 2.05) is 86.1 Å².